The van der Waals surface area contributed by atoms with Gasteiger partial charge >= 0.3 is 5.97 Å². The number of aliphatic carboxylic acids is 1. The van der Waals surface area contributed by atoms with Gasteiger partial charge in [0.1, 0.15) is 6.04 Å². The lowest BCUT2D eigenvalue weighted by Crippen LogP contribution is -2.39. The van der Waals surface area contributed by atoms with E-state index in [1.54, 1.807) is 30.3 Å². The molecule has 1 unspecified atom stereocenters. The monoisotopic (exact) mass is 295 g/mol. The van der Waals surface area contributed by atoms with Gasteiger partial charge in [0.05, 0.1) is 6.10 Å². The molecule has 106 valence electrons. The third-order valence-corrected chi connectivity index (χ3v) is 3.35. The molecule has 1 aliphatic rings. The molecule has 1 aliphatic heterocycles. The normalized spacial score (nSPS) is 22.4. The number of carboxylic acids is 1. The Morgan fingerprint density at radius 1 is 1.40 bits per heavy atom. The summed E-state index contributed by atoms with van der Waals surface area (Å²) in [5, 5.41) is 19.1. The zero-order chi connectivity index (χ0) is 14.7. The number of benzene rings is 1. The number of aliphatic hydroxyl groups excluding tert-OH is 1. The Bertz CT molecular complexity index is 558. The largest absolute Gasteiger partial charge is 0.480 e. The van der Waals surface area contributed by atoms with E-state index < -0.39 is 24.0 Å². The van der Waals surface area contributed by atoms with Crippen molar-refractivity contribution in [2.24, 2.45) is 0 Å². The molecule has 0 aliphatic carbocycles. The molecule has 2 N–H and O–H groups in total. The van der Waals surface area contributed by atoms with Crippen molar-refractivity contribution < 1.29 is 19.8 Å². The molecule has 1 heterocycles. The molecular weight excluding hydrogens is 282 g/mol. The minimum Gasteiger partial charge on any atom is -0.480 e. The summed E-state index contributed by atoms with van der Waals surface area (Å²) >= 11 is 5.83. The van der Waals surface area contributed by atoms with Crippen molar-refractivity contribution in [3.8, 4) is 0 Å². The van der Waals surface area contributed by atoms with Crippen LogP contribution in [0.3, 0.4) is 0 Å². The number of likely N-dealkylation sites (tertiary alicyclic amines) is 1. The first kappa shape index (κ1) is 14.6. The van der Waals surface area contributed by atoms with Gasteiger partial charge in [-0.1, -0.05) is 23.7 Å². The molecule has 1 aromatic carbocycles. The summed E-state index contributed by atoms with van der Waals surface area (Å²) in [6, 6.07) is 5.98. The lowest BCUT2D eigenvalue weighted by atomic mass is 10.2. The van der Waals surface area contributed by atoms with Gasteiger partial charge in [0.2, 0.25) is 5.91 Å². The lowest BCUT2D eigenvalue weighted by molar-refractivity contribution is -0.146. The Hall–Kier alpha value is -1.85. The molecule has 6 heteroatoms. The summed E-state index contributed by atoms with van der Waals surface area (Å²) in [6.07, 6.45) is 2.13. The first-order valence-electron chi connectivity index (χ1n) is 6.12. The first-order valence-corrected chi connectivity index (χ1v) is 6.50. The molecular formula is C14H14ClNO4. The zero-order valence-electron chi connectivity index (χ0n) is 10.6. The van der Waals surface area contributed by atoms with Gasteiger partial charge in [-0.2, -0.15) is 0 Å². The summed E-state index contributed by atoms with van der Waals surface area (Å²) in [5.41, 5.74) is 0.748. The fraction of sp³-hybridized carbons (Fsp3) is 0.286. The molecule has 0 bridgehead atoms. The van der Waals surface area contributed by atoms with E-state index in [1.807, 2.05) is 0 Å². The smallest absolute Gasteiger partial charge is 0.326 e. The number of β-amino-alcohol motifs (C(OH)–C–C–N with tert-alkyl or cyclic N) is 1. The van der Waals surface area contributed by atoms with E-state index in [-0.39, 0.29) is 13.0 Å². The third-order valence-electron chi connectivity index (χ3n) is 3.11. The van der Waals surface area contributed by atoms with Crippen molar-refractivity contribution in [1.82, 2.24) is 4.90 Å². The van der Waals surface area contributed by atoms with E-state index >= 15 is 0 Å². The maximum Gasteiger partial charge on any atom is 0.326 e. The van der Waals surface area contributed by atoms with Crippen LogP contribution in [-0.4, -0.2) is 45.7 Å². The third kappa shape index (κ3) is 3.37. The molecule has 0 radical (unpaired) electrons. The van der Waals surface area contributed by atoms with E-state index in [0.29, 0.717) is 5.02 Å². The predicted molar refractivity (Wildman–Crippen MR) is 74.2 cm³/mol. The van der Waals surface area contributed by atoms with E-state index in [9.17, 15) is 14.7 Å². The average Bonchev–Trinajstić information content (AvgIpc) is 2.78. The van der Waals surface area contributed by atoms with E-state index in [4.69, 9.17) is 16.7 Å². The van der Waals surface area contributed by atoms with Crippen LogP contribution < -0.4 is 0 Å². The van der Waals surface area contributed by atoms with Crippen LogP contribution in [0.15, 0.2) is 30.3 Å². The van der Waals surface area contributed by atoms with Gasteiger partial charge in [-0.15, -0.1) is 0 Å². The lowest BCUT2D eigenvalue weighted by Gasteiger charge is -2.19. The fourth-order valence-corrected chi connectivity index (χ4v) is 2.36. The van der Waals surface area contributed by atoms with E-state index in [2.05, 4.69) is 0 Å². The number of halogens is 1. The van der Waals surface area contributed by atoms with Gasteiger partial charge in [0.15, 0.2) is 0 Å². The van der Waals surface area contributed by atoms with Crippen LogP contribution in [0, 0.1) is 0 Å². The average molecular weight is 296 g/mol. The maximum atomic E-state index is 12.0. The molecule has 20 heavy (non-hydrogen) atoms. The topological polar surface area (TPSA) is 77.8 Å². The number of nitrogens with zero attached hydrogens (tertiary/aromatic N) is 1. The van der Waals surface area contributed by atoms with Gasteiger partial charge in [-0.25, -0.2) is 4.79 Å². The highest BCUT2D eigenvalue weighted by molar-refractivity contribution is 6.30. The Morgan fingerprint density at radius 2 is 2.15 bits per heavy atom. The zero-order valence-corrected chi connectivity index (χ0v) is 11.3. The van der Waals surface area contributed by atoms with Crippen LogP contribution in [0.1, 0.15) is 12.0 Å². The second-order valence-electron chi connectivity index (χ2n) is 4.62. The molecule has 0 saturated carbocycles. The van der Waals surface area contributed by atoms with Gasteiger partial charge in [0, 0.05) is 24.1 Å². The number of hydrogen-bond donors (Lipinski definition) is 2. The van der Waals surface area contributed by atoms with Crippen LogP contribution in [0.2, 0.25) is 5.02 Å². The summed E-state index contributed by atoms with van der Waals surface area (Å²) in [4.78, 5) is 24.2. The number of carboxylic acid groups (broad SMARTS) is 1. The van der Waals surface area contributed by atoms with Gasteiger partial charge in [0.25, 0.3) is 0 Å². The molecule has 2 rings (SSSR count). The summed E-state index contributed by atoms with van der Waals surface area (Å²) in [7, 11) is 0. The predicted octanol–water partition coefficient (Wildman–Crippen LogP) is 1.40. The second-order valence-corrected chi connectivity index (χ2v) is 5.06. The molecule has 1 amide bonds. The van der Waals surface area contributed by atoms with Crippen molar-refractivity contribution >= 4 is 29.6 Å². The number of amides is 1. The number of aliphatic hydroxyl groups is 1. The standard InChI is InChI=1S/C14H14ClNO4/c15-10-3-1-2-9(6-10)4-5-13(18)16-8-11(17)7-12(16)14(19)20/h1-6,11-12,17H,7-8H2,(H,19,20)/b5-4+/t11?,12-/m0/s1. The van der Waals surface area contributed by atoms with Gasteiger partial charge in [-0.3, -0.25) is 4.79 Å². The quantitative estimate of drug-likeness (QED) is 0.826. The Labute approximate surface area is 121 Å². The Balaban J connectivity index is 2.09. The summed E-state index contributed by atoms with van der Waals surface area (Å²) < 4.78 is 0. The highest BCUT2D eigenvalue weighted by atomic mass is 35.5. The Kier molecular flexibility index (Phi) is 4.42. The van der Waals surface area contributed by atoms with Gasteiger partial charge in [-0.05, 0) is 23.8 Å². The summed E-state index contributed by atoms with van der Waals surface area (Å²) in [5.74, 6) is -1.54. The van der Waals surface area contributed by atoms with E-state index in [0.717, 1.165) is 10.5 Å². The van der Waals surface area contributed by atoms with Crippen LogP contribution in [0.25, 0.3) is 6.08 Å². The van der Waals surface area contributed by atoms with E-state index in [1.165, 1.54) is 6.08 Å². The van der Waals surface area contributed by atoms with Crippen molar-refractivity contribution in [3.63, 3.8) is 0 Å². The number of carbonyl (C=O) groups excluding carboxylic acids is 1. The van der Waals surface area contributed by atoms with Gasteiger partial charge < -0.3 is 15.1 Å². The van der Waals surface area contributed by atoms with Crippen molar-refractivity contribution in [2.45, 2.75) is 18.6 Å². The molecule has 1 aromatic rings. The van der Waals surface area contributed by atoms with Crippen LogP contribution >= 0.6 is 11.6 Å². The maximum absolute atomic E-state index is 12.0. The Morgan fingerprint density at radius 3 is 2.80 bits per heavy atom. The van der Waals surface area contributed by atoms with Crippen LogP contribution in [0.4, 0.5) is 0 Å². The molecule has 0 aromatic heterocycles. The summed E-state index contributed by atoms with van der Waals surface area (Å²) in [6.45, 7) is 0.0374. The van der Waals surface area contributed by atoms with Crippen LogP contribution in [0.5, 0.6) is 0 Å². The molecule has 1 fully saturated rings. The van der Waals surface area contributed by atoms with Crippen molar-refractivity contribution in [1.29, 1.82) is 0 Å². The number of rotatable bonds is 3. The molecule has 2 atom stereocenters. The second kappa shape index (κ2) is 6.07. The SMILES string of the molecule is O=C(O)[C@@H]1CC(O)CN1C(=O)/C=C/c1cccc(Cl)c1. The molecule has 5 nitrogen and oxygen atoms in total. The van der Waals surface area contributed by atoms with Crippen molar-refractivity contribution in [3.05, 3.63) is 40.9 Å². The fourth-order valence-electron chi connectivity index (χ4n) is 2.16. The molecule has 0 spiro atoms. The highest BCUT2D eigenvalue weighted by Gasteiger charge is 2.37. The molecule has 1 saturated heterocycles. The highest BCUT2D eigenvalue weighted by Crippen LogP contribution is 2.19. The number of hydrogen-bond acceptors (Lipinski definition) is 3. The number of carbonyl (C=O) groups is 2. The first-order chi connectivity index (χ1) is 9.47. The minimum absolute atomic E-state index is 0.0374. The van der Waals surface area contributed by atoms with Crippen LogP contribution in [-0.2, 0) is 9.59 Å². The minimum atomic E-state index is -1.11. The van der Waals surface area contributed by atoms with Crippen molar-refractivity contribution in [2.75, 3.05) is 6.54 Å².